The van der Waals surface area contributed by atoms with Crippen molar-refractivity contribution in [2.24, 2.45) is 0 Å². The lowest BCUT2D eigenvalue weighted by Crippen LogP contribution is -2.10. The average molecular weight is 493 g/mol. The third-order valence-electron chi connectivity index (χ3n) is 4.92. The van der Waals surface area contributed by atoms with Gasteiger partial charge in [0.15, 0.2) is 11.5 Å². The Kier molecular flexibility index (Phi) is 6.70. The Morgan fingerprint density at radius 2 is 1.66 bits per heavy atom. The van der Waals surface area contributed by atoms with Gasteiger partial charge < -0.3 is 18.1 Å². The van der Waals surface area contributed by atoms with Crippen molar-refractivity contribution in [1.82, 2.24) is 0 Å². The normalized spacial score (nSPS) is 11.5. The highest BCUT2D eigenvalue weighted by atomic mass is 32.2. The van der Waals surface area contributed by atoms with Gasteiger partial charge in [0.2, 0.25) is 0 Å². The second kappa shape index (κ2) is 9.86. The third-order valence-corrected chi connectivity index (χ3v) is 6.17. The third kappa shape index (κ3) is 5.77. The molecule has 4 aromatic rings. The van der Waals surface area contributed by atoms with Gasteiger partial charge in [0.25, 0.3) is 0 Å². The highest BCUT2D eigenvalue weighted by Crippen LogP contribution is 2.31. The molecule has 0 aliphatic carbocycles. The van der Waals surface area contributed by atoms with Crippen LogP contribution < -0.4 is 19.3 Å². The molecule has 0 amide bonds. The summed E-state index contributed by atoms with van der Waals surface area (Å²) in [5, 5.41) is 0.693. The van der Waals surface area contributed by atoms with E-state index in [1.54, 1.807) is 36.4 Å². The first kappa shape index (κ1) is 23.8. The van der Waals surface area contributed by atoms with E-state index in [0.29, 0.717) is 16.5 Å². The van der Waals surface area contributed by atoms with E-state index in [-0.39, 0.29) is 22.1 Å². The summed E-state index contributed by atoms with van der Waals surface area (Å²) in [6.45, 7) is 1.85. The molecule has 0 saturated heterocycles. The Hall–Kier alpha value is -4.37. The lowest BCUT2D eigenvalue weighted by Gasteiger charge is -2.11. The second-order valence-corrected chi connectivity index (χ2v) is 9.02. The quantitative estimate of drug-likeness (QED) is 0.122. The maximum absolute atomic E-state index is 12.6. The van der Waals surface area contributed by atoms with Crippen LogP contribution in [0.4, 0.5) is 0 Å². The smallest absolute Gasteiger partial charge is 0.339 e. The first-order valence-electron chi connectivity index (χ1n) is 10.4. The zero-order chi connectivity index (χ0) is 25.0. The van der Waals surface area contributed by atoms with Crippen LogP contribution in [0.3, 0.4) is 0 Å². The van der Waals surface area contributed by atoms with Crippen molar-refractivity contribution in [3.63, 3.8) is 0 Å². The van der Waals surface area contributed by atoms with Crippen molar-refractivity contribution in [1.29, 1.82) is 0 Å². The number of benzene rings is 3. The molecule has 0 spiro atoms. The van der Waals surface area contributed by atoms with E-state index in [1.165, 1.54) is 55.7 Å². The maximum Gasteiger partial charge on any atom is 0.339 e. The van der Waals surface area contributed by atoms with Crippen LogP contribution in [0.15, 0.2) is 93.0 Å². The molecular weight excluding hydrogens is 472 g/mol. The van der Waals surface area contributed by atoms with E-state index in [9.17, 15) is 18.0 Å². The number of esters is 1. The van der Waals surface area contributed by atoms with Gasteiger partial charge in [-0.3, -0.25) is 0 Å². The van der Waals surface area contributed by atoms with Crippen molar-refractivity contribution < 1.29 is 31.3 Å². The zero-order valence-electron chi connectivity index (χ0n) is 18.8. The first-order valence-corrected chi connectivity index (χ1v) is 11.8. The van der Waals surface area contributed by atoms with Crippen LogP contribution >= 0.6 is 0 Å². The summed E-state index contributed by atoms with van der Waals surface area (Å²) in [6.07, 6.45) is 2.67. The van der Waals surface area contributed by atoms with Crippen LogP contribution in [-0.4, -0.2) is 21.5 Å². The first-order chi connectivity index (χ1) is 16.7. The van der Waals surface area contributed by atoms with Crippen molar-refractivity contribution in [3.8, 4) is 17.2 Å². The fourth-order valence-corrected chi connectivity index (χ4v) is 4.09. The molecule has 1 heterocycles. The Bertz CT molecular complexity index is 1580. The van der Waals surface area contributed by atoms with Crippen LogP contribution in [0.25, 0.3) is 17.0 Å². The maximum atomic E-state index is 12.6. The standard InChI is InChI=1S/C26H20O8S/c1-17-3-10-21(11-4-17)35(29,30)34-22-12-5-18(15-24(22)31-2)6-13-25(27)32-20-9-7-19-8-14-26(28)33-23(19)16-20/h3-16H,1-2H3/b13-6+. The summed E-state index contributed by atoms with van der Waals surface area (Å²) < 4.78 is 46.0. The summed E-state index contributed by atoms with van der Waals surface area (Å²) >= 11 is 0. The molecule has 0 aliphatic rings. The number of carbonyl (C=O) groups is 1. The number of hydrogen-bond acceptors (Lipinski definition) is 8. The minimum atomic E-state index is -4.05. The molecule has 0 N–H and O–H groups in total. The predicted molar refractivity (Wildman–Crippen MR) is 129 cm³/mol. The molecule has 0 bridgehead atoms. The summed E-state index contributed by atoms with van der Waals surface area (Å²) in [5.74, 6) is -0.278. The molecule has 0 atom stereocenters. The Morgan fingerprint density at radius 1 is 0.914 bits per heavy atom. The lowest BCUT2D eigenvalue weighted by atomic mass is 10.2. The van der Waals surface area contributed by atoms with Gasteiger partial charge in [-0.1, -0.05) is 23.8 Å². The topological polar surface area (TPSA) is 109 Å². The molecule has 0 unspecified atom stereocenters. The van der Waals surface area contributed by atoms with E-state index in [0.717, 1.165) is 5.56 Å². The van der Waals surface area contributed by atoms with Gasteiger partial charge in [0.1, 0.15) is 16.2 Å². The molecule has 9 heteroatoms. The molecule has 8 nitrogen and oxygen atoms in total. The molecule has 0 saturated carbocycles. The highest BCUT2D eigenvalue weighted by Gasteiger charge is 2.19. The van der Waals surface area contributed by atoms with E-state index in [1.807, 2.05) is 6.92 Å². The summed E-state index contributed by atoms with van der Waals surface area (Å²) in [5.41, 5.74) is 1.26. The summed E-state index contributed by atoms with van der Waals surface area (Å²) in [4.78, 5) is 23.6. The van der Waals surface area contributed by atoms with E-state index in [4.69, 9.17) is 18.1 Å². The fourth-order valence-electron chi connectivity index (χ4n) is 3.15. The summed E-state index contributed by atoms with van der Waals surface area (Å²) in [7, 11) is -2.68. The van der Waals surface area contributed by atoms with Crippen molar-refractivity contribution in [2.75, 3.05) is 7.11 Å². The molecular formula is C26H20O8S. The number of hydrogen-bond donors (Lipinski definition) is 0. The predicted octanol–water partition coefficient (Wildman–Crippen LogP) is 4.50. The molecule has 1 aromatic heterocycles. The average Bonchev–Trinajstić information content (AvgIpc) is 2.83. The minimum absolute atomic E-state index is 0.00505. The SMILES string of the molecule is COc1cc(/C=C/C(=O)Oc2ccc3ccc(=O)oc3c2)ccc1OS(=O)(=O)c1ccc(C)cc1. The van der Waals surface area contributed by atoms with Gasteiger partial charge in [-0.25, -0.2) is 9.59 Å². The number of carbonyl (C=O) groups excluding carboxylic acids is 1. The Labute approximate surface area is 201 Å². The molecule has 3 aromatic carbocycles. The molecule has 0 aliphatic heterocycles. The van der Waals surface area contributed by atoms with Crippen molar-refractivity contribution in [2.45, 2.75) is 11.8 Å². The molecule has 0 radical (unpaired) electrons. The van der Waals surface area contributed by atoms with Gasteiger partial charge in [0.05, 0.1) is 7.11 Å². The van der Waals surface area contributed by atoms with Crippen molar-refractivity contribution >= 4 is 33.1 Å². The van der Waals surface area contributed by atoms with Gasteiger partial charge in [0, 0.05) is 23.6 Å². The zero-order valence-corrected chi connectivity index (χ0v) is 19.6. The largest absolute Gasteiger partial charge is 0.493 e. The Morgan fingerprint density at radius 3 is 2.40 bits per heavy atom. The molecule has 178 valence electrons. The van der Waals surface area contributed by atoms with Gasteiger partial charge in [-0.2, -0.15) is 8.42 Å². The van der Waals surface area contributed by atoms with Crippen molar-refractivity contribution in [3.05, 3.63) is 100 Å². The van der Waals surface area contributed by atoms with Gasteiger partial charge in [-0.15, -0.1) is 0 Å². The molecule has 35 heavy (non-hydrogen) atoms. The van der Waals surface area contributed by atoms with Crippen LogP contribution in [0.1, 0.15) is 11.1 Å². The monoisotopic (exact) mass is 492 g/mol. The number of ether oxygens (including phenoxy) is 2. The Balaban J connectivity index is 1.47. The highest BCUT2D eigenvalue weighted by molar-refractivity contribution is 7.87. The number of aryl methyl sites for hydroxylation is 1. The minimum Gasteiger partial charge on any atom is -0.493 e. The van der Waals surface area contributed by atoms with Crippen LogP contribution in [0.2, 0.25) is 0 Å². The number of methoxy groups -OCH3 is 1. The van der Waals surface area contributed by atoms with E-state index in [2.05, 4.69) is 0 Å². The second-order valence-electron chi connectivity index (χ2n) is 7.47. The van der Waals surface area contributed by atoms with E-state index >= 15 is 0 Å². The lowest BCUT2D eigenvalue weighted by molar-refractivity contribution is -0.128. The van der Waals surface area contributed by atoms with Gasteiger partial charge in [-0.05, 0) is 61.0 Å². The molecule has 4 rings (SSSR count). The van der Waals surface area contributed by atoms with Crippen LogP contribution in [-0.2, 0) is 14.9 Å². The fraction of sp³-hybridized carbons (Fsp3) is 0.0769. The number of fused-ring (bicyclic) bond motifs is 1. The molecule has 0 fully saturated rings. The summed E-state index contributed by atoms with van der Waals surface area (Å²) in [6, 6.07) is 18.4. The van der Waals surface area contributed by atoms with Crippen LogP contribution in [0, 0.1) is 6.92 Å². The van der Waals surface area contributed by atoms with Crippen LogP contribution in [0.5, 0.6) is 17.2 Å². The number of rotatable bonds is 7. The van der Waals surface area contributed by atoms with Gasteiger partial charge >= 0.3 is 21.7 Å². The van der Waals surface area contributed by atoms with E-state index < -0.39 is 21.7 Å².